The zero-order chi connectivity index (χ0) is 15.2. The van der Waals surface area contributed by atoms with E-state index >= 15 is 0 Å². The van der Waals surface area contributed by atoms with Crippen molar-refractivity contribution in [3.63, 3.8) is 0 Å². The minimum absolute atomic E-state index is 0.0465. The van der Waals surface area contributed by atoms with E-state index in [-0.39, 0.29) is 17.9 Å². The van der Waals surface area contributed by atoms with E-state index in [0.717, 1.165) is 0 Å². The van der Waals surface area contributed by atoms with Crippen LogP contribution in [-0.2, 0) is 6.61 Å². The first kappa shape index (κ1) is 14.8. The number of carbonyl (C=O) groups is 1. The third kappa shape index (κ3) is 4.45. The van der Waals surface area contributed by atoms with Crippen LogP contribution < -0.4 is 9.47 Å². The highest BCUT2D eigenvalue weighted by Crippen LogP contribution is 2.20. The summed E-state index contributed by atoms with van der Waals surface area (Å²) in [4.78, 5) is 10.8. The van der Waals surface area contributed by atoms with Crippen molar-refractivity contribution in [1.82, 2.24) is 0 Å². The summed E-state index contributed by atoms with van der Waals surface area (Å²) < 4.78 is 33.7. The highest BCUT2D eigenvalue weighted by atomic mass is 19.3. The summed E-state index contributed by atoms with van der Waals surface area (Å²) in [6.07, 6.45) is 0. The summed E-state index contributed by atoms with van der Waals surface area (Å²) >= 11 is 0. The number of aromatic carboxylic acids is 1. The lowest BCUT2D eigenvalue weighted by Gasteiger charge is -2.08. The lowest BCUT2D eigenvalue weighted by molar-refractivity contribution is -0.0498. The number of carboxylic acid groups (broad SMARTS) is 1. The number of halogens is 2. The molecule has 4 nitrogen and oxygen atoms in total. The van der Waals surface area contributed by atoms with Crippen LogP contribution in [0.25, 0.3) is 0 Å². The summed E-state index contributed by atoms with van der Waals surface area (Å²) in [5.74, 6) is -0.493. The topological polar surface area (TPSA) is 55.8 Å². The van der Waals surface area contributed by atoms with E-state index in [9.17, 15) is 13.6 Å². The van der Waals surface area contributed by atoms with Gasteiger partial charge in [0.1, 0.15) is 18.1 Å². The molecule has 0 aliphatic carbocycles. The monoisotopic (exact) mass is 294 g/mol. The number of alkyl halides is 2. The first-order chi connectivity index (χ1) is 10.0. The summed E-state index contributed by atoms with van der Waals surface area (Å²) in [7, 11) is 0. The molecule has 0 bridgehead atoms. The second-order valence-corrected chi connectivity index (χ2v) is 4.14. The van der Waals surface area contributed by atoms with Gasteiger partial charge >= 0.3 is 12.6 Å². The Labute approximate surface area is 119 Å². The maximum Gasteiger partial charge on any atom is 0.387 e. The molecule has 0 heterocycles. The van der Waals surface area contributed by atoms with Crippen LogP contribution in [0, 0.1) is 0 Å². The van der Waals surface area contributed by atoms with Crippen molar-refractivity contribution in [2.45, 2.75) is 13.2 Å². The van der Waals surface area contributed by atoms with E-state index < -0.39 is 12.6 Å². The van der Waals surface area contributed by atoms with E-state index in [1.807, 2.05) is 0 Å². The zero-order valence-corrected chi connectivity index (χ0v) is 10.8. The molecule has 0 fully saturated rings. The van der Waals surface area contributed by atoms with Crippen LogP contribution in [0.3, 0.4) is 0 Å². The molecule has 0 saturated carbocycles. The Morgan fingerprint density at radius 3 is 2.38 bits per heavy atom. The second kappa shape index (κ2) is 6.69. The second-order valence-electron chi connectivity index (χ2n) is 4.14. The predicted molar refractivity (Wildman–Crippen MR) is 70.8 cm³/mol. The summed E-state index contributed by atoms with van der Waals surface area (Å²) in [5, 5.41) is 8.88. The molecule has 0 spiro atoms. The number of benzene rings is 2. The third-order valence-electron chi connectivity index (χ3n) is 2.63. The van der Waals surface area contributed by atoms with E-state index in [1.54, 1.807) is 12.1 Å². The van der Waals surface area contributed by atoms with Crippen LogP contribution >= 0.6 is 0 Å². The maximum absolute atomic E-state index is 12.0. The van der Waals surface area contributed by atoms with Gasteiger partial charge in [0, 0.05) is 0 Å². The van der Waals surface area contributed by atoms with Gasteiger partial charge in [0.2, 0.25) is 0 Å². The van der Waals surface area contributed by atoms with Crippen LogP contribution in [-0.4, -0.2) is 17.7 Å². The fraction of sp³-hybridized carbons (Fsp3) is 0.133. The van der Waals surface area contributed by atoms with Gasteiger partial charge in [-0.25, -0.2) is 4.79 Å². The SMILES string of the molecule is O=C(O)c1cccc(COc2ccc(OC(F)F)cc2)c1. The Kier molecular flexibility index (Phi) is 4.71. The van der Waals surface area contributed by atoms with Gasteiger partial charge in [-0.3, -0.25) is 0 Å². The molecular formula is C15H12F2O4. The minimum Gasteiger partial charge on any atom is -0.489 e. The normalized spacial score (nSPS) is 10.4. The molecule has 0 aliphatic heterocycles. The quantitative estimate of drug-likeness (QED) is 0.885. The van der Waals surface area contributed by atoms with Crippen molar-refractivity contribution in [1.29, 1.82) is 0 Å². The third-order valence-corrected chi connectivity index (χ3v) is 2.63. The molecule has 0 amide bonds. The molecule has 2 rings (SSSR count). The van der Waals surface area contributed by atoms with Crippen LogP contribution in [0.1, 0.15) is 15.9 Å². The lowest BCUT2D eigenvalue weighted by atomic mass is 10.1. The van der Waals surface area contributed by atoms with Crippen molar-refractivity contribution < 1.29 is 28.2 Å². The molecule has 2 aromatic carbocycles. The van der Waals surface area contributed by atoms with Crippen LogP contribution in [0.5, 0.6) is 11.5 Å². The number of ether oxygens (including phenoxy) is 2. The Morgan fingerprint density at radius 2 is 1.76 bits per heavy atom. The van der Waals surface area contributed by atoms with Gasteiger partial charge in [0.15, 0.2) is 0 Å². The predicted octanol–water partition coefficient (Wildman–Crippen LogP) is 3.57. The smallest absolute Gasteiger partial charge is 0.387 e. The van der Waals surface area contributed by atoms with Gasteiger partial charge in [0.05, 0.1) is 5.56 Å². The van der Waals surface area contributed by atoms with Crippen LogP contribution in [0.15, 0.2) is 48.5 Å². The molecule has 6 heteroatoms. The fourth-order valence-corrected chi connectivity index (χ4v) is 1.68. The van der Waals surface area contributed by atoms with Crippen molar-refractivity contribution in [2.24, 2.45) is 0 Å². The number of hydrogen-bond donors (Lipinski definition) is 1. The van der Waals surface area contributed by atoms with Gasteiger partial charge in [-0.15, -0.1) is 0 Å². The van der Waals surface area contributed by atoms with Crippen molar-refractivity contribution >= 4 is 5.97 Å². The van der Waals surface area contributed by atoms with Crippen LogP contribution in [0.2, 0.25) is 0 Å². The Hall–Kier alpha value is -2.63. The Bertz CT molecular complexity index is 611. The highest BCUT2D eigenvalue weighted by molar-refractivity contribution is 5.87. The largest absolute Gasteiger partial charge is 0.489 e. The molecule has 0 unspecified atom stereocenters. The molecule has 1 N–H and O–H groups in total. The van der Waals surface area contributed by atoms with Gasteiger partial charge in [-0.05, 0) is 42.0 Å². The number of hydrogen-bond acceptors (Lipinski definition) is 3. The first-order valence-corrected chi connectivity index (χ1v) is 6.04. The molecule has 2 aromatic rings. The molecule has 0 saturated heterocycles. The minimum atomic E-state index is -2.87. The summed E-state index contributed by atoms with van der Waals surface area (Å²) in [6, 6.07) is 12.1. The van der Waals surface area contributed by atoms with Crippen LogP contribution in [0.4, 0.5) is 8.78 Å². The van der Waals surface area contributed by atoms with Gasteiger partial charge in [0.25, 0.3) is 0 Å². The molecule has 21 heavy (non-hydrogen) atoms. The summed E-state index contributed by atoms with van der Waals surface area (Å²) in [5.41, 5.74) is 0.875. The summed E-state index contributed by atoms with van der Waals surface area (Å²) in [6.45, 7) is -2.69. The average Bonchev–Trinajstić information content (AvgIpc) is 2.46. The van der Waals surface area contributed by atoms with E-state index in [0.29, 0.717) is 11.3 Å². The van der Waals surface area contributed by atoms with E-state index in [1.165, 1.54) is 36.4 Å². The zero-order valence-electron chi connectivity index (χ0n) is 10.8. The molecule has 0 radical (unpaired) electrons. The van der Waals surface area contributed by atoms with Gasteiger partial charge in [-0.2, -0.15) is 8.78 Å². The standard InChI is InChI=1S/C15H12F2O4/c16-15(17)21-13-6-4-12(5-7-13)20-9-10-2-1-3-11(8-10)14(18)19/h1-8,15H,9H2,(H,18,19). The fourth-order valence-electron chi connectivity index (χ4n) is 1.68. The molecule has 0 aromatic heterocycles. The first-order valence-electron chi connectivity index (χ1n) is 6.04. The Balaban J connectivity index is 1.96. The van der Waals surface area contributed by atoms with E-state index in [2.05, 4.69) is 4.74 Å². The highest BCUT2D eigenvalue weighted by Gasteiger charge is 2.05. The van der Waals surface area contributed by atoms with Gasteiger partial charge in [-0.1, -0.05) is 12.1 Å². The number of rotatable bonds is 6. The molecular weight excluding hydrogens is 282 g/mol. The van der Waals surface area contributed by atoms with Crippen molar-refractivity contribution in [3.05, 3.63) is 59.7 Å². The Morgan fingerprint density at radius 1 is 1.10 bits per heavy atom. The molecule has 0 atom stereocenters. The lowest BCUT2D eigenvalue weighted by Crippen LogP contribution is -2.02. The maximum atomic E-state index is 12.0. The average molecular weight is 294 g/mol. The van der Waals surface area contributed by atoms with Crippen molar-refractivity contribution in [3.8, 4) is 11.5 Å². The number of carboxylic acids is 1. The van der Waals surface area contributed by atoms with Crippen molar-refractivity contribution in [2.75, 3.05) is 0 Å². The molecule has 0 aliphatic rings. The molecule has 110 valence electrons. The van der Waals surface area contributed by atoms with Gasteiger partial charge < -0.3 is 14.6 Å². The van der Waals surface area contributed by atoms with E-state index in [4.69, 9.17) is 9.84 Å².